The number of rotatable bonds is 22. The molecule has 0 radical (unpaired) electrons. The van der Waals surface area contributed by atoms with Gasteiger partial charge in [-0.05, 0) is 190 Å². The van der Waals surface area contributed by atoms with Crippen LogP contribution in [0.25, 0.3) is 0 Å². The summed E-state index contributed by atoms with van der Waals surface area (Å²) < 4.78 is 6.60. The summed E-state index contributed by atoms with van der Waals surface area (Å²) in [6, 6.07) is 0. The highest BCUT2D eigenvalue weighted by Crippen LogP contribution is 2.45. The second-order valence-electron chi connectivity index (χ2n) is 24.7. The smallest absolute Gasteiger partial charge is 0.127 e. The fraction of sp³-hybridized carbons (Fsp3) is 0.594. The third kappa shape index (κ3) is 21.1. The SMILES string of the molecule is CC1=C(/C=C/C(C)=C/C=C/C(C)=C/C=C/C=C(C)/C=C/C=C(C)/C=C/C2=C(C)CCCC2(C)C)C(C)(C)CCC1.Cc1c(C)c2c(c(C)c1O)CC[C@@](C)(CCC[C@H](C)CCC[C@H](C)CCCC(C)C)O2. The summed E-state index contributed by atoms with van der Waals surface area (Å²) in [5, 5.41) is 10.4. The zero-order chi connectivity index (χ0) is 52.9. The second-order valence-corrected chi connectivity index (χ2v) is 24.7. The maximum atomic E-state index is 10.4. The summed E-state index contributed by atoms with van der Waals surface area (Å²) in [5.74, 6) is 4.04. The first-order valence-corrected chi connectivity index (χ1v) is 28.3. The minimum atomic E-state index is -0.0712. The maximum Gasteiger partial charge on any atom is 0.127 e. The van der Waals surface area contributed by atoms with Gasteiger partial charge in [-0.2, -0.15) is 0 Å². The van der Waals surface area contributed by atoms with Gasteiger partial charge in [-0.15, -0.1) is 0 Å². The third-order valence-electron chi connectivity index (χ3n) is 16.2. The van der Waals surface area contributed by atoms with E-state index in [1.807, 2.05) is 13.8 Å². The van der Waals surface area contributed by atoms with Gasteiger partial charge in [-0.1, -0.05) is 219 Å². The van der Waals surface area contributed by atoms with Gasteiger partial charge in [0.25, 0.3) is 0 Å². The lowest BCUT2D eigenvalue weighted by atomic mass is 9.72. The first-order valence-electron chi connectivity index (χ1n) is 28.3. The highest BCUT2D eigenvalue weighted by Gasteiger charge is 2.34. The van der Waals surface area contributed by atoms with Crippen molar-refractivity contribution in [3.8, 4) is 11.5 Å². The molecule has 0 fully saturated rings. The average Bonchev–Trinajstić information content (AvgIpc) is 3.28. The molecule has 1 aromatic rings. The predicted molar refractivity (Wildman–Crippen MR) is 316 cm³/mol. The number of benzene rings is 1. The molecule has 2 aliphatic carbocycles. The van der Waals surface area contributed by atoms with Gasteiger partial charge in [0, 0.05) is 5.56 Å². The summed E-state index contributed by atoms with van der Waals surface area (Å²) in [4.78, 5) is 0. The van der Waals surface area contributed by atoms with Crippen molar-refractivity contribution in [1.82, 2.24) is 0 Å². The summed E-state index contributed by atoms with van der Waals surface area (Å²) in [5.41, 5.74) is 16.0. The van der Waals surface area contributed by atoms with Crippen LogP contribution >= 0.6 is 0 Å². The molecule has 0 saturated carbocycles. The monoisotopic (exact) mass is 967 g/mol. The lowest BCUT2D eigenvalue weighted by molar-refractivity contribution is 0.0511. The summed E-state index contributed by atoms with van der Waals surface area (Å²) in [6.07, 6.45) is 52.4. The summed E-state index contributed by atoms with van der Waals surface area (Å²) in [7, 11) is 0. The number of ether oxygens (including phenoxy) is 1. The van der Waals surface area contributed by atoms with Crippen molar-refractivity contribution in [2.24, 2.45) is 28.6 Å². The maximum absolute atomic E-state index is 10.4. The Labute approximate surface area is 439 Å². The molecular formula is C69H106O2. The van der Waals surface area contributed by atoms with Crippen LogP contribution in [0.4, 0.5) is 0 Å². The summed E-state index contributed by atoms with van der Waals surface area (Å²) in [6.45, 7) is 40.7. The number of allylic oxidation sites excluding steroid dienone is 22. The van der Waals surface area contributed by atoms with Gasteiger partial charge in [-0.3, -0.25) is 0 Å². The van der Waals surface area contributed by atoms with Crippen molar-refractivity contribution in [2.45, 2.75) is 239 Å². The standard InChI is InChI=1S/C40H56.C29H50O2/c1-31(19-13-21-33(3)25-27-37-35(5)23-15-29-39(37,7)8)17-11-12-18-32(2)20-14-22-34(4)26-28-38-36(6)24-16-30-40(38,9)10;1-20(2)12-9-13-21(3)14-10-15-22(4)16-11-18-29(8)19-17-26-25(7)27(30)23(5)24(6)28(26)31-29/h11-14,17-22,25-28H,15-16,23-24,29-30H2,1-10H3;20-22,30H,9-19H2,1-8H3/b12-11+,19-13+,20-14+,27-25+,28-26+,31-17+,32-18+,33-21+,34-22+;/t;21-,22-,29-/m.1/s1. The minimum absolute atomic E-state index is 0.0712. The van der Waals surface area contributed by atoms with Crippen LogP contribution in [-0.2, 0) is 6.42 Å². The van der Waals surface area contributed by atoms with Gasteiger partial charge in [0.05, 0.1) is 0 Å². The normalized spacial score (nSPS) is 21.3. The van der Waals surface area contributed by atoms with Crippen molar-refractivity contribution in [3.63, 3.8) is 0 Å². The van der Waals surface area contributed by atoms with E-state index in [2.05, 4.69) is 196 Å². The van der Waals surface area contributed by atoms with E-state index in [0.717, 1.165) is 59.5 Å². The number of hydrogen-bond acceptors (Lipinski definition) is 2. The molecule has 0 saturated heterocycles. The summed E-state index contributed by atoms with van der Waals surface area (Å²) >= 11 is 0. The Hall–Kier alpha value is -4.04. The molecule has 3 atom stereocenters. The fourth-order valence-corrected chi connectivity index (χ4v) is 11.1. The Morgan fingerprint density at radius 2 is 0.944 bits per heavy atom. The first kappa shape index (κ1) is 61.3. The van der Waals surface area contributed by atoms with E-state index in [4.69, 9.17) is 4.74 Å². The fourth-order valence-electron chi connectivity index (χ4n) is 11.1. The molecule has 3 aliphatic rings. The number of hydrogen-bond donors (Lipinski definition) is 1. The molecule has 0 aromatic heterocycles. The molecule has 2 heteroatoms. The van der Waals surface area contributed by atoms with Crippen LogP contribution in [0.3, 0.4) is 0 Å². The lowest BCUT2D eigenvalue weighted by Gasteiger charge is -2.38. The molecule has 0 spiro atoms. The molecule has 0 amide bonds. The van der Waals surface area contributed by atoms with Crippen LogP contribution in [-0.4, -0.2) is 10.7 Å². The Kier molecular flexibility index (Phi) is 25.5. The van der Waals surface area contributed by atoms with Gasteiger partial charge in [0.1, 0.15) is 17.1 Å². The van der Waals surface area contributed by atoms with E-state index in [9.17, 15) is 5.11 Å². The van der Waals surface area contributed by atoms with Crippen LogP contribution in [0, 0.1) is 49.4 Å². The largest absolute Gasteiger partial charge is 0.507 e. The van der Waals surface area contributed by atoms with E-state index >= 15 is 0 Å². The molecule has 71 heavy (non-hydrogen) atoms. The van der Waals surface area contributed by atoms with E-state index in [1.165, 1.54) is 129 Å². The Bertz CT molecular complexity index is 2130. The zero-order valence-corrected chi connectivity index (χ0v) is 49.2. The molecule has 1 heterocycles. The molecule has 2 nitrogen and oxygen atoms in total. The van der Waals surface area contributed by atoms with Crippen LogP contribution in [0.2, 0.25) is 0 Å². The van der Waals surface area contributed by atoms with E-state index < -0.39 is 0 Å². The number of aromatic hydroxyl groups is 1. The van der Waals surface area contributed by atoms with E-state index in [0.29, 0.717) is 16.6 Å². The second kappa shape index (κ2) is 29.6. The van der Waals surface area contributed by atoms with Crippen molar-refractivity contribution >= 4 is 0 Å². The van der Waals surface area contributed by atoms with Gasteiger partial charge >= 0.3 is 0 Å². The quantitative estimate of drug-likeness (QED) is 0.117. The van der Waals surface area contributed by atoms with Gasteiger partial charge in [0.2, 0.25) is 0 Å². The Morgan fingerprint density at radius 1 is 0.521 bits per heavy atom. The molecular weight excluding hydrogens is 861 g/mol. The third-order valence-corrected chi connectivity index (χ3v) is 16.2. The molecule has 1 aromatic carbocycles. The van der Waals surface area contributed by atoms with E-state index in [-0.39, 0.29) is 5.60 Å². The minimum Gasteiger partial charge on any atom is -0.507 e. The molecule has 1 aliphatic heterocycles. The highest BCUT2D eigenvalue weighted by molar-refractivity contribution is 5.58. The lowest BCUT2D eigenvalue weighted by Crippen LogP contribution is -2.37. The molecule has 4 rings (SSSR count). The zero-order valence-electron chi connectivity index (χ0n) is 49.2. The van der Waals surface area contributed by atoms with Crippen molar-refractivity contribution in [2.75, 3.05) is 0 Å². The Morgan fingerprint density at radius 3 is 1.39 bits per heavy atom. The van der Waals surface area contributed by atoms with Crippen LogP contribution in [0.5, 0.6) is 11.5 Å². The first-order chi connectivity index (χ1) is 33.4. The molecule has 0 unspecified atom stereocenters. The van der Waals surface area contributed by atoms with Crippen LogP contribution in [0.15, 0.2) is 130 Å². The number of phenolic OH excluding ortho intramolecular Hbond substituents is 1. The topological polar surface area (TPSA) is 29.5 Å². The van der Waals surface area contributed by atoms with Crippen molar-refractivity contribution < 1.29 is 9.84 Å². The highest BCUT2D eigenvalue weighted by atomic mass is 16.5. The molecule has 0 bridgehead atoms. The number of phenols is 1. The molecule has 1 N–H and O–H groups in total. The van der Waals surface area contributed by atoms with Crippen molar-refractivity contribution in [1.29, 1.82) is 0 Å². The predicted octanol–water partition coefficient (Wildman–Crippen LogP) is 21.4. The molecule has 394 valence electrons. The average molecular weight is 968 g/mol. The Balaban J connectivity index is 0.000000387. The van der Waals surface area contributed by atoms with Gasteiger partial charge in [0.15, 0.2) is 0 Å². The van der Waals surface area contributed by atoms with E-state index in [1.54, 1.807) is 11.1 Å². The van der Waals surface area contributed by atoms with Gasteiger partial charge in [-0.25, -0.2) is 0 Å². The number of fused-ring (bicyclic) bond motifs is 1. The van der Waals surface area contributed by atoms with Crippen molar-refractivity contribution in [3.05, 3.63) is 152 Å². The van der Waals surface area contributed by atoms with Gasteiger partial charge < -0.3 is 9.84 Å². The van der Waals surface area contributed by atoms with Crippen LogP contribution < -0.4 is 4.74 Å². The van der Waals surface area contributed by atoms with Crippen LogP contribution in [0.1, 0.15) is 229 Å².